The average molecular weight is 823 g/mol. The van der Waals surface area contributed by atoms with E-state index in [1.54, 1.807) is 0 Å². The third kappa shape index (κ3) is 45.8. The van der Waals surface area contributed by atoms with Gasteiger partial charge in [0.1, 0.15) is 13.2 Å². The van der Waals surface area contributed by atoms with Crippen molar-refractivity contribution in [2.75, 3.05) is 13.2 Å². The fraction of sp³-hybridized carbons (Fsp3) is 0.717. The van der Waals surface area contributed by atoms with E-state index in [0.717, 1.165) is 77.0 Å². The summed E-state index contributed by atoms with van der Waals surface area (Å²) < 4.78 is 16.7. The monoisotopic (exact) mass is 823 g/mol. The molecule has 0 aliphatic carbocycles. The number of hydrogen-bond donors (Lipinski definition) is 0. The lowest BCUT2D eigenvalue weighted by Gasteiger charge is -2.18. The molecule has 6 nitrogen and oxygen atoms in total. The Balaban J connectivity index is 4.45. The molecule has 0 saturated carbocycles. The van der Waals surface area contributed by atoms with Crippen LogP contribution >= 0.6 is 0 Å². The van der Waals surface area contributed by atoms with Gasteiger partial charge in [-0.25, -0.2) is 0 Å². The van der Waals surface area contributed by atoms with E-state index in [1.807, 2.05) is 6.08 Å². The van der Waals surface area contributed by atoms with Gasteiger partial charge in [-0.1, -0.05) is 222 Å². The smallest absolute Gasteiger partial charge is 0.306 e. The molecule has 0 rings (SSSR count). The molecule has 338 valence electrons. The SMILES string of the molecule is CC/C=C\C/C=C\C/C=C\C/C=C\C/C=C\C/C=C\CCC(=O)OC[C@@H](COC(=O)CCCCCCCCCCC)OC(=O)CCCCCCCCCCCCCCC. The molecular weight excluding hydrogens is 733 g/mol. The van der Waals surface area contributed by atoms with Crippen LogP contribution in [0.4, 0.5) is 0 Å². The Morgan fingerprint density at radius 3 is 1.03 bits per heavy atom. The Hall–Kier alpha value is -3.15. The second kappa shape index (κ2) is 47.5. The van der Waals surface area contributed by atoms with Crippen LogP contribution in [-0.2, 0) is 28.6 Å². The third-order valence-electron chi connectivity index (χ3n) is 10.2. The first-order valence-electron chi connectivity index (χ1n) is 24.4. The molecule has 0 unspecified atom stereocenters. The fourth-order valence-electron chi connectivity index (χ4n) is 6.58. The highest BCUT2D eigenvalue weighted by molar-refractivity contribution is 5.71. The molecule has 0 saturated heterocycles. The molecular formula is C53H90O6. The molecule has 6 heteroatoms. The average Bonchev–Trinajstić information content (AvgIpc) is 3.23. The van der Waals surface area contributed by atoms with Gasteiger partial charge >= 0.3 is 17.9 Å². The van der Waals surface area contributed by atoms with Crippen molar-refractivity contribution in [3.63, 3.8) is 0 Å². The number of carbonyl (C=O) groups excluding carboxylic acids is 3. The first-order chi connectivity index (χ1) is 29.0. The van der Waals surface area contributed by atoms with Crippen molar-refractivity contribution in [2.24, 2.45) is 0 Å². The minimum absolute atomic E-state index is 0.0962. The molecule has 0 spiro atoms. The zero-order valence-electron chi connectivity index (χ0n) is 38.5. The van der Waals surface area contributed by atoms with E-state index in [9.17, 15) is 14.4 Å². The van der Waals surface area contributed by atoms with Crippen molar-refractivity contribution in [3.05, 3.63) is 72.9 Å². The van der Waals surface area contributed by atoms with Gasteiger partial charge in [0.05, 0.1) is 0 Å². The summed E-state index contributed by atoms with van der Waals surface area (Å²) in [5.74, 6) is -0.986. The van der Waals surface area contributed by atoms with Crippen molar-refractivity contribution in [1.82, 2.24) is 0 Å². The van der Waals surface area contributed by atoms with Crippen molar-refractivity contribution in [2.45, 2.75) is 232 Å². The van der Waals surface area contributed by atoms with Crippen molar-refractivity contribution in [1.29, 1.82) is 0 Å². The maximum absolute atomic E-state index is 12.7. The van der Waals surface area contributed by atoms with Crippen LogP contribution in [0.2, 0.25) is 0 Å². The van der Waals surface area contributed by atoms with E-state index < -0.39 is 6.10 Å². The van der Waals surface area contributed by atoms with Crippen LogP contribution in [0.5, 0.6) is 0 Å². The summed E-state index contributed by atoms with van der Waals surface area (Å²) in [6.07, 6.45) is 59.0. The first-order valence-corrected chi connectivity index (χ1v) is 24.4. The van der Waals surface area contributed by atoms with Gasteiger partial charge in [-0.3, -0.25) is 14.4 Å². The lowest BCUT2D eigenvalue weighted by molar-refractivity contribution is -0.166. The maximum Gasteiger partial charge on any atom is 0.306 e. The summed E-state index contributed by atoms with van der Waals surface area (Å²) in [6, 6.07) is 0. The minimum atomic E-state index is -0.800. The zero-order valence-corrected chi connectivity index (χ0v) is 38.5. The normalized spacial score (nSPS) is 12.7. The largest absolute Gasteiger partial charge is 0.462 e. The zero-order chi connectivity index (χ0) is 43.0. The van der Waals surface area contributed by atoms with Crippen LogP contribution in [0.1, 0.15) is 226 Å². The van der Waals surface area contributed by atoms with Gasteiger partial charge in [0.2, 0.25) is 0 Å². The van der Waals surface area contributed by atoms with Gasteiger partial charge in [-0.15, -0.1) is 0 Å². The third-order valence-corrected chi connectivity index (χ3v) is 10.2. The Kier molecular flexibility index (Phi) is 45.0. The van der Waals surface area contributed by atoms with Crippen molar-refractivity contribution < 1.29 is 28.6 Å². The van der Waals surface area contributed by atoms with Crippen LogP contribution in [0.25, 0.3) is 0 Å². The molecule has 0 aromatic carbocycles. The number of carbonyl (C=O) groups is 3. The van der Waals surface area contributed by atoms with Gasteiger partial charge < -0.3 is 14.2 Å². The van der Waals surface area contributed by atoms with E-state index in [4.69, 9.17) is 14.2 Å². The van der Waals surface area contributed by atoms with Gasteiger partial charge in [0.25, 0.3) is 0 Å². The van der Waals surface area contributed by atoms with E-state index in [0.29, 0.717) is 19.3 Å². The molecule has 0 fully saturated rings. The molecule has 1 atom stereocenters. The van der Waals surface area contributed by atoms with Gasteiger partial charge in [-0.2, -0.15) is 0 Å². The molecule has 0 aliphatic heterocycles. The van der Waals surface area contributed by atoms with Crippen LogP contribution in [0.15, 0.2) is 72.9 Å². The highest BCUT2D eigenvalue weighted by Gasteiger charge is 2.19. The quantitative estimate of drug-likeness (QED) is 0.0264. The standard InChI is InChI=1S/C53H90O6/c1-4-7-10-13-16-19-21-23-24-25-26-27-28-30-31-34-37-40-43-46-52(55)58-49-50(48-57-51(54)45-42-39-36-33-18-15-12-9-6-3)59-53(56)47-44-41-38-35-32-29-22-20-17-14-11-8-5-2/h7,10,16,19,23-24,26-27,30-31,37,40,50H,4-6,8-9,11-15,17-18,20-22,25,28-29,32-36,38-39,41-49H2,1-3H3/b10-7-,19-16-,24-23-,27-26-,31-30-,40-37-/t50-/m1/s1. The molecule has 0 N–H and O–H groups in total. The van der Waals surface area contributed by atoms with E-state index in [1.165, 1.54) is 103 Å². The molecule has 0 amide bonds. The number of unbranched alkanes of at least 4 members (excludes halogenated alkanes) is 20. The summed E-state index contributed by atoms with van der Waals surface area (Å²) in [5.41, 5.74) is 0. The second-order valence-corrected chi connectivity index (χ2v) is 16.0. The van der Waals surface area contributed by atoms with Crippen LogP contribution < -0.4 is 0 Å². The Bertz CT molecular complexity index is 1130. The van der Waals surface area contributed by atoms with Gasteiger partial charge in [-0.05, 0) is 57.8 Å². The second-order valence-electron chi connectivity index (χ2n) is 16.0. The number of ether oxygens (including phenoxy) is 3. The molecule has 59 heavy (non-hydrogen) atoms. The summed E-state index contributed by atoms with van der Waals surface area (Å²) in [5, 5.41) is 0. The highest BCUT2D eigenvalue weighted by Crippen LogP contribution is 2.14. The van der Waals surface area contributed by atoms with E-state index in [-0.39, 0.29) is 37.5 Å². The lowest BCUT2D eigenvalue weighted by Crippen LogP contribution is -2.30. The number of hydrogen-bond acceptors (Lipinski definition) is 6. The highest BCUT2D eigenvalue weighted by atomic mass is 16.6. The summed E-state index contributed by atoms with van der Waals surface area (Å²) >= 11 is 0. The first kappa shape index (κ1) is 55.9. The lowest BCUT2D eigenvalue weighted by atomic mass is 10.0. The molecule has 0 aromatic rings. The van der Waals surface area contributed by atoms with Crippen LogP contribution in [0, 0.1) is 0 Å². The minimum Gasteiger partial charge on any atom is -0.462 e. The summed E-state index contributed by atoms with van der Waals surface area (Å²) in [6.45, 7) is 6.43. The Morgan fingerprint density at radius 2 is 0.661 bits per heavy atom. The van der Waals surface area contributed by atoms with Crippen LogP contribution in [-0.4, -0.2) is 37.2 Å². The molecule has 0 aliphatic rings. The predicted octanol–water partition coefficient (Wildman–Crippen LogP) is 15.9. The molecule has 0 heterocycles. The number of esters is 3. The topological polar surface area (TPSA) is 78.9 Å². The van der Waals surface area contributed by atoms with Crippen LogP contribution in [0.3, 0.4) is 0 Å². The molecule has 0 aromatic heterocycles. The predicted molar refractivity (Wildman–Crippen MR) is 251 cm³/mol. The van der Waals surface area contributed by atoms with E-state index >= 15 is 0 Å². The molecule has 0 radical (unpaired) electrons. The number of allylic oxidation sites excluding steroid dienone is 12. The summed E-state index contributed by atoms with van der Waals surface area (Å²) in [7, 11) is 0. The summed E-state index contributed by atoms with van der Waals surface area (Å²) in [4.78, 5) is 37.8. The van der Waals surface area contributed by atoms with Crippen molar-refractivity contribution in [3.8, 4) is 0 Å². The molecule has 0 bridgehead atoms. The van der Waals surface area contributed by atoms with Gasteiger partial charge in [0.15, 0.2) is 6.10 Å². The van der Waals surface area contributed by atoms with Crippen molar-refractivity contribution >= 4 is 17.9 Å². The maximum atomic E-state index is 12.7. The fourth-order valence-corrected chi connectivity index (χ4v) is 6.58. The number of rotatable bonds is 43. The Morgan fingerprint density at radius 1 is 0.356 bits per heavy atom. The Labute approximate surface area is 363 Å². The van der Waals surface area contributed by atoms with Gasteiger partial charge in [0, 0.05) is 19.3 Å². The van der Waals surface area contributed by atoms with E-state index in [2.05, 4.69) is 87.6 Å².